The normalized spacial score (nSPS) is 18.1. The zero-order valence-electron chi connectivity index (χ0n) is 11.8. The van der Waals surface area contributed by atoms with Crippen LogP contribution in [0.3, 0.4) is 0 Å². The Labute approximate surface area is 118 Å². The summed E-state index contributed by atoms with van der Waals surface area (Å²) in [7, 11) is 1.29. The molecule has 20 heavy (non-hydrogen) atoms. The molecule has 0 aliphatic heterocycles. The fourth-order valence-corrected chi connectivity index (χ4v) is 2.47. The molecule has 2 rings (SSSR count). The summed E-state index contributed by atoms with van der Waals surface area (Å²) in [4.78, 5) is 19.3. The maximum Gasteiger partial charge on any atom is 0.376 e. The third-order valence-corrected chi connectivity index (χ3v) is 3.66. The standard InChI is InChI=1S/C14H21N3O3/c1-20-13(18)12-15-9-6-11(17-12)16-10-14(19)7-4-2-3-5-8-14/h6,9,19H,2-5,7-8,10H2,1H3,(H,15,16,17). The van der Waals surface area contributed by atoms with E-state index in [1.807, 2.05) is 0 Å². The first-order valence-corrected chi connectivity index (χ1v) is 7.01. The number of carbonyl (C=O) groups is 1. The Morgan fingerprint density at radius 2 is 2.10 bits per heavy atom. The number of anilines is 1. The Balaban J connectivity index is 1.97. The first-order chi connectivity index (χ1) is 9.63. The van der Waals surface area contributed by atoms with Gasteiger partial charge >= 0.3 is 5.97 Å². The molecule has 6 heteroatoms. The van der Waals surface area contributed by atoms with Crippen LogP contribution in [0.5, 0.6) is 0 Å². The van der Waals surface area contributed by atoms with Crippen molar-refractivity contribution in [3.63, 3.8) is 0 Å². The Hall–Kier alpha value is -1.69. The molecule has 1 aliphatic rings. The lowest BCUT2D eigenvalue weighted by molar-refractivity contribution is 0.0380. The van der Waals surface area contributed by atoms with Crippen LogP contribution in [0, 0.1) is 0 Å². The lowest BCUT2D eigenvalue weighted by Gasteiger charge is -2.27. The van der Waals surface area contributed by atoms with Gasteiger partial charge in [-0.3, -0.25) is 0 Å². The van der Waals surface area contributed by atoms with Gasteiger partial charge in [-0.2, -0.15) is 0 Å². The number of aromatic nitrogens is 2. The molecule has 6 nitrogen and oxygen atoms in total. The van der Waals surface area contributed by atoms with Gasteiger partial charge < -0.3 is 15.2 Å². The highest BCUT2D eigenvalue weighted by Gasteiger charge is 2.27. The second-order valence-electron chi connectivity index (χ2n) is 5.25. The molecule has 2 N–H and O–H groups in total. The van der Waals surface area contributed by atoms with Crippen molar-refractivity contribution in [3.05, 3.63) is 18.1 Å². The van der Waals surface area contributed by atoms with Gasteiger partial charge in [0.25, 0.3) is 0 Å². The molecule has 1 heterocycles. The van der Waals surface area contributed by atoms with Crippen molar-refractivity contribution in [1.29, 1.82) is 0 Å². The SMILES string of the molecule is COC(=O)c1nccc(NCC2(O)CCCCCC2)n1. The molecule has 0 radical (unpaired) electrons. The minimum atomic E-state index is -0.688. The second kappa shape index (κ2) is 6.65. The van der Waals surface area contributed by atoms with Crippen molar-refractivity contribution in [1.82, 2.24) is 9.97 Å². The monoisotopic (exact) mass is 279 g/mol. The summed E-state index contributed by atoms with van der Waals surface area (Å²) in [5.74, 6) is -0.0229. The van der Waals surface area contributed by atoms with Crippen LogP contribution in [-0.2, 0) is 4.74 Å². The summed E-state index contributed by atoms with van der Waals surface area (Å²) in [6.45, 7) is 0.435. The number of hydrogen-bond acceptors (Lipinski definition) is 6. The van der Waals surface area contributed by atoms with E-state index in [2.05, 4.69) is 20.0 Å². The van der Waals surface area contributed by atoms with E-state index in [0.29, 0.717) is 12.4 Å². The summed E-state index contributed by atoms with van der Waals surface area (Å²) in [6, 6.07) is 1.67. The fraction of sp³-hybridized carbons (Fsp3) is 0.643. The van der Waals surface area contributed by atoms with Crippen molar-refractivity contribution in [3.8, 4) is 0 Å². The number of esters is 1. The predicted molar refractivity (Wildman–Crippen MR) is 74.5 cm³/mol. The van der Waals surface area contributed by atoms with Crippen molar-refractivity contribution < 1.29 is 14.6 Å². The Kier molecular flexibility index (Phi) is 4.89. The van der Waals surface area contributed by atoms with E-state index < -0.39 is 11.6 Å². The molecule has 0 bridgehead atoms. The first kappa shape index (κ1) is 14.7. The summed E-state index contributed by atoms with van der Waals surface area (Å²) in [6.07, 6.45) is 7.57. The number of methoxy groups -OCH3 is 1. The van der Waals surface area contributed by atoms with Crippen LogP contribution < -0.4 is 5.32 Å². The highest BCUT2D eigenvalue weighted by molar-refractivity contribution is 5.85. The van der Waals surface area contributed by atoms with Crippen LogP contribution in [0.2, 0.25) is 0 Å². The lowest BCUT2D eigenvalue weighted by atomic mass is 9.94. The van der Waals surface area contributed by atoms with E-state index in [1.54, 1.807) is 6.07 Å². The van der Waals surface area contributed by atoms with E-state index in [-0.39, 0.29) is 5.82 Å². The van der Waals surface area contributed by atoms with Gasteiger partial charge in [0.2, 0.25) is 5.82 Å². The van der Waals surface area contributed by atoms with Crippen molar-refractivity contribution in [2.45, 2.75) is 44.1 Å². The maximum atomic E-state index is 11.4. The molecular formula is C14H21N3O3. The first-order valence-electron chi connectivity index (χ1n) is 7.01. The number of hydrogen-bond donors (Lipinski definition) is 2. The summed E-state index contributed by atoms with van der Waals surface area (Å²) in [5.41, 5.74) is -0.688. The summed E-state index contributed by atoms with van der Waals surface area (Å²) in [5, 5.41) is 13.6. The van der Waals surface area contributed by atoms with Crippen molar-refractivity contribution in [2.75, 3.05) is 19.0 Å². The molecule has 0 atom stereocenters. The molecular weight excluding hydrogens is 258 g/mol. The van der Waals surface area contributed by atoms with Crippen LogP contribution in [0.1, 0.15) is 49.1 Å². The van der Waals surface area contributed by atoms with Crippen LogP contribution in [0.25, 0.3) is 0 Å². The van der Waals surface area contributed by atoms with Crippen molar-refractivity contribution in [2.24, 2.45) is 0 Å². The zero-order chi connectivity index (χ0) is 14.4. The third-order valence-electron chi connectivity index (χ3n) is 3.66. The third kappa shape index (κ3) is 3.90. The van der Waals surface area contributed by atoms with Crippen LogP contribution in [-0.4, -0.2) is 40.3 Å². The summed E-state index contributed by atoms with van der Waals surface area (Å²) >= 11 is 0. The Morgan fingerprint density at radius 3 is 2.75 bits per heavy atom. The molecule has 1 saturated carbocycles. The van der Waals surface area contributed by atoms with E-state index in [1.165, 1.54) is 26.1 Å². The number of nitrogens with zero attached hydrogens (tertiary/aromatic N) is 2. The van der Waals surface area contributed by atoms with E-state index in [0.717, 1.165) is 25.7 Å². The number of carbonyl (C=O) groups excluding carboxylic acids is 1. The minimum absolute atomic E-state index is 0.0188. The van der Waals surface area contributed by atoms with E-state index in [9.17, 15) is 9.90 Å². The summed E-state index contributed by atoms with van der Waals surface area (Å²) < 4.78 is 4.58. The van der Waals surface area contributed by atoms with Crippen LogP contribution in [0.4, 0.5) is 5.82 Å². The molecule has 0 amide bonds. The number of ether oxygens (including phenoxy) is 1. The van der Waals surface area contributed by atoms with Gasteiger partial charge in [-0.05, 0) is 18.9 Å². The average molecular weight is 279 g/mol. The molecule has 1 fully saturated rings. The highest BCUT2D eigenvalue weighted by Crippen LogP contribution is 2.27. The molecule has 1 aliphatic carbocycles. The van der Waals surface area contributed by atoms with Crippen LogP contribution in [0.15, 0.2) is 12.3 Å². The number of nitrogens with one attached hydrogen (secondary N) is 1. The van der Waals surface area contributed by atoms with Gasteiger partial charge in [0.15, 0.2) is 0 Å². The van der Waals surface area contributed by atoms with Gasteiger partial charge in [0.1, 0.15) is 5.82 Å². The molecule has 110 valence electrons. The van der Waals surface area contributed by atoms with Gasteiger partial charge in [-0.25, -0.2) is 14.8 Å². The van der Waals surface area contributed by atoms with Crippen molar-refractivity contribution >= 4 is 11.8 Å². The average Bonchev–Trinajstić information content (AvgIpc) is 2.70. The smallest absolute Gasteiger partial charge is 0.376 e. The lowest BCUT2D eigenvalue weighted by Crippen LogP contribution is -2.36. The Morgan fingerprint density at radius 1 is 1.40 bits per heavy atom. The molecule has 1 aromatic heterocycles. The molecule has 0 aromatic carbocycles. The van der Waals surface area contributed by atoms with E-state index in [4.69, 9.17) is 0 Å². The van der Waals surface area contributed by atoms with Crippen LogP contribution >= 0.6 is 0 Å². The molecule has 0 unspecified atom stereocenters. The predicted octanol–water partition coefficient (Wildman–Crippen LogP) is 1.76. The Bertz CT molecular complexity index is 457. The zero-order valence-corrected chi connectivity index (χ0v) is 11.8. The quantitative estimate of drug-likeness (QED) is 0.645. The van der Waals surface area contributed by atoms with Gasteiger partial charge in [-0.1, -0.05) is 25.7 Å². The van der Waals surface area contributed by atoms with Gasteiger partial charge in [0, 0.05) is 12.7 Å². The largest absolute Gasteiger partial charge is 0.463 e. The topological polar surface area (TPSA) is 84.3 Å². The maximum absolute atomic E-state index is 11.4. The van der Waals surface area contributed by atoms with Gasteiger partial charge in [0.05, 0.1) is 12.7 Å². The second-order valence-corrected chi connectivity index (χ2v) is 5.25. The molecule has 0 saturated heterocycles. The molecule has 0 spiro atoms. The number of aliphatic hydroxyl groups is 1. The molecule has 1 aromatic rings. The minimum Gasteiger partial charge on any atom is -0.463 e. The highest BCUT2D eigenvalue weighted by atomic mass is 16.5. The van der Waals surface area contributed by atoms with E-state index >= 15 is 0 Å². The fourth-order valence-electron chi connectivity index (χ4n) is 2.47. The number of rotatable bonds is 4. The van der Waals surface area contributed by atoms with Gasteiger partial charge in [-0.15, -0.1) is 0 Å².